The second kappa shape index (κ2) is 9.77. The van der Waals surface area contributed by atoms with Gasteiger partial charge in [0.25, 0.3) is 0 Å². The van der Waals surface area contributed by atoms with Gasteiger partial charge in [-0.15, -0.1) is 0 Å². The van der Waals surface area contributed by atoms with Gasteiger partial charge in [-0.05, 0) is 31.5 Å². The van der Waals surface area contributed by atoms with E-state index in [1.165, 1.54) is 18.7 Å². The molecule has 1 amide bonds. The van der Waals surface area contributed by atoms with E-state index < -0.39 is 12.2 Å². The Hall–Kier alpha value is -2.29. The third-order valence-corrected chi connectivity index (χ3v) is 4.63. The molecule has 9 heteroatoms. The Morgan fingerprint density at radius 3 is 2.50 bits per heavy atom. The molecule has 1 saturated heterocycles. The number of aliphatic imine (C=N–C) groups is 1. The van der Waals surface area contributed by atoms with Gasteiger partial charge in [0.1, 0.15) is 6.04 Å². The Kier molecular flexibility index (Phi) is 7.68. The van der Waals surface area contributed by atoms with Crippen LogP contribution in [0.25, 0.3) is 0 Å². The number of piperazine rings is 1. The number of carbonyl (C=O) groups excluding carboxylic acids is 1. The molecule has 156 valence electrons. The van der Waals surface area contributed by atoms with Crippen LogP contribution in [-0.4, -0.2) is 66.6 Å². The van der Waals surface area contributed by atoms with Crippen molar-refractivity contribution in [3.63, 3.8) is 0 Å². The molecule has 0 bridgehead atoms. The molecule has 0 saturated carbocycles. The first-order valence-electron chi connectivity index (χ1n) is 9.41. The topological polar surface area (TPSA) is 60.0 Å². The largest absolute Gasteiger partial charge is 0.403 e. The molecule has 1 atom stereocenters. The zero-order chi connectivity index (χ0) is 20.7. The lowest BCUT2D eigenvalue weighted by Gasteiger charge is -2.39. The highest BCUT2D eigenvalue weighted by Crippen LogP contribution is 2.25. The number of nitrogens with one attached hydrogen (secondary N) is 2. The summed E-state index contributed by atoms with van der Waals surface area (Å²) in [5.74, 6) is 0.548. The first-order valence-corrected chi connectivity index (χ1v) is 9.41. The molecule has 6 nitrogen and oxygen atoms in total. The molecule has 0 aromatic heterocycles. The molecule has 0 radical (unpaired) electrons. The van der Waals surface area contributed by atoms with E-state index in [9.17, 15) is 18.0 Å². The minimum atomic E-state index is -4.21. The normalized spacial score (nSPS) is 17.4. The molecule has 1 unspecified atom stereocenters. The Labute approximate surface area is 163 Å². The van der Waals surface area contributed by atoms with E-state index in [2.05, 4.69) is 15.6 Å². The number of rotatable bonds is 5. The average molecular weight is 399 g/mol. The van der Waals surface area contributed by atoms with Crippen molar-refractivity contribution >= 4 is 17.6 Å². The number of alkyl halides is 3. The van der Waals surface area contributed by atoms with Gasteiger partial charge in [0.05, 0.1) is 6.54 Å². The summed E-state index contributed by atoms with van der Waals surface area (Å²) in [6, 6.07) is 5.99. The SMILES string of the molecule is CCNC(=NCc1cccc(NC(C)=O)c1)N1CCN(C(C)C(F)(F)F)CC1. The van der Waals surface area contributed by atoms with Crippen molar-refractivity contribution < 1.29 is 18.0 Å². The Morgan fingerprint density at radius 1 is 1.25 bits per heavy atom. The predicted molar refractivity (Wildman–Crippen MR) is 104 cm³/mol. The van der Waals surface area contributed by atoms with Crippen LogP contribution in [0.15, 0.2) is 29.3 Å². The van der Waals surface area contributed by atoms with Crippen LogP contribution >= 0.6 is 0 Å². The van der Waals surface area contributed by atoms with Crippen molar-refractivity contribution in [2.45, 2.75) is 39.5 Å². The Morgan fingerprint density at radius 2 is 1.93 bits per heavy atom. The Bertz CT molecular complexity index is 684. The van der Waals surface area contributed by atoms with E-state index in [-0.39, 0.29) is 5.91 Å². The van der Waals surface area contributed by atoms with Crippen LogP contribution in [0.2, 0.25) is 0 Å². The lowest BCUT2D eigenvalue weighted by molar-refractivity contribution is -0.181. The van der Waals surface area contributed by atoms with Crippen LogP contribution < -0.4 is 10.6 Å². The van der Waals surface area contributed by atoms with Gasteiger partial charge in [-0.3, -0.25) is 9.69 Å². The maximum absolute atomic E-state index is 12.9. The molecule has 1 aliphatic rings. The maximum Gasteiger partial charge on any atom is 0.403 e. The number of halogens is 3. The summed E-state index contributed by atoms with van der Waals surface area (Å²) in [5, 5.41) is 5.95. The summed E-state index contributed by atoms with van der Waals surface area (Å²) in [6.07, 6.45) is -4.21. The number of nitrogens with zero attached hydrogens (tertiary/aromatic N) is 3. The number of benzene rings is 1. The van der Waals surface area contributed by atoms with Crippen molar-refractivity contribution in [2.75, 3.05) is 38.0 Å². The molecule has 2 rings (SSSR count). The maximum atomic E-state index is 12.9. The number of amides is 1. The van der Waals surface area contributed by atoms with E-state index in [1.807, 2.05) is 30.0 Å². The fraction of sp³-hybridized carbons (Fsp3) is 0.579. The van der Waals surface area contributed by atoms with Crippen LogP contribution in [0.1, 0.15) is 26.3 Å². The summed E-state index contributed by atoms with van der Waals surface area (Å²) in [5.41, 5.74) is 1.64. The van der Waals surface area contributed by atoms with E-state index in [4.69, 9.17) is 0 Å². The fourth-order valence-corrected chi connectivity index (χ4v) is 3.07. The quantitative estimate of drug-likeness (QED) is 0.590. The van der Waals surface area contributed by atoms with Crippen LogP contribution in [0, 0.1) is 0 Å². The Balaban J connectivity index is 2.01. The monoisotopic (exact) mass is 399 g/mol. The second-order valence-corrected chi connectivity index (χ2v) is 6.79. The molecule has 1 aliphatic heterocycles. The molecule has 1 aromatic carbocycles. The highest BCUT2D eigenvalue weighted by Gasteiger charge is 2.41. The zero-order valence-electron chi connectivity index (χ0n) is 16.5. The number of hydrogen-bond acceptors (Lipinski definition) is 3. The standard InChI is InChI=1S/C19H28F3N5O/c1-4-23-18(24-13-16-6-5-7-17(12-16)25-15(3)28)27-10-8-26(9-11-27)14(2)19(20,21)22/h5-7,12,14H,4,8-11,13H2,1-3H3,(H,23,24)(H,25,28). The molecule has 1 heterocycles. The summed E-state index contributed by atoms with van der Waals surface area (Å²) in [4.78, 5) is 19.3. The highest BCUT2D eigenvalue weighted by molar-refractivity contribution is 5.88. The first-order chi connectivity index (χ1) is 13.2. The zero-order valence-corrected chi connectivity index (χ0v) is 16.5. The van der Waals surface area contributed by atoms with Crippen LogP contribution in [0.4, 0.5) is 18.9 Å². The van der Waals surface area contributed by atoms with E-state index in [0.717, 1.165) is 5.56 Å². The van der Waals surface area contributed by atoms with Gasteiger partial charge < -0.3 is 15.5 Å². The smallest absolute Gasteiger partial charge is 0.357 e. The second-order valence-electron chi connectivity index (χ2n) is 6.79. The lowest BCUT2D eigenvalue weighted by atomic mass is 10.2. The lowest BCUT2D eigenvalue weighted by Crippen LogP contribution is -2.56. The molecule has 1 fully saturated rings. The molecular formula is C19H28F3N5O. The van der Waals surface area contributed by atoms with Crippen molar-refractivity contribution in [1.82, 2.24) is 15.1 Å². The third kappa shape index (κ3) is 6.40. The minimum Gasteiger partial charge on any atom is -0.357 e. The molecule has 0 spiro atoms. The van der Waals surface area contributed by atoms with Crippen LogP contribution in [0.3, 0.4) is 0 Å². The average Bonchev–Trinajstić information content (AvgIpc) is 2.64. The number of guanidine groups is 1. The highest BCUT2D eigenvalue weighted by atomic mass is 19.4. The van der Waals surface area contributed by atoms with Gasteiger partial charge in [-0.2, -0.15) is 13.2 Å². The van der Waals surface area contributed by atoms with E-state index in [1.54, 1.807) is 6.07 Å². The van der Waals surface area contributed by atoms with E-state index >= 15 is 0 Å². The molecule has 0 aliphatic carbocycles. The first kappa shape index (κ1) is 22.0. The summed E-state index contributed by atoms with van der Waals surface area (Å²) in [6.45, 7) is 7.33. The van der Waals surface area contributed by atoms with Crippen molar-refractivity contribution in [2.24, 2.45) is 4.99 Å². The van der Waals surface area contributed by atoms with Gasteiger partial charge in [-0.25, -0.2) is 4.99 Å². The van der Waals surface area contributed by atoms with Crippen LogP contribution in [-0.2, 0) is 11.3 Å². The predicted octanol–water partition coefficient (Wildman–Crippen LogP) is 2.68. The third-order valence-electron chi connectivity index (χ3n) is 4.63. The van der Waals surface area contributed by atoms with Crippen molar-refractivity contribution in [3.05, 3.63) is 29.8 Å². The van der Waals surface area contributed by atoms with E-state index in [0.29, 0.717) is 50.9 Å². The van der Waals surface area contributed by atoms with Gasteiger partial charge in [-0.1, -0.05) is 12.1 Å². The van der Waals surface area contributed by atoms with Crippen molar-refractivity contribution in [1.29, 1.82) is 0 Å². The number of hydrogen-bond donors (Lipinski definition) is 2. The van der Waals surface area contributed by atoms with Gasteiger partial charge in [0.15, 0.2) is 5.96 Å². The summed E-state index contributed by atoms with van der Waals surface area (Å²) >= 11 is 0. The summed E-state index contributed by atoms with van der Waals surface area (Å²) in [7, 11) is 0. The summed E-state index contributed by atoms with van der Waals surface area (Å²) < 4.78 is 38.7. The van der Waals surface area contributed by atoms with Crippen LogP contribution in [0.5, 0.6) is 0 Å². The molecular weight excluding hydrogens is 371 g/mol. The fourth-order valence-electron chi connectivity index (χ4n) is 3.07. The molecule has 28 heavy (non-hydrogen) atoms. The molecule has 1 aromatic rings. The number of anilines is 1. The number of carbonyl (C=O) groups is 1. The van der Waals surface area contributed by atoms with Gasteiger partial charge in [0.2, 0.25) is 5.91 Å². The van der Waals surface area contributed by atoms with Crippen molar-refractivity contribution in [3.8, 4) is 0 Å². The van der Waals surface area contributed by atoms with Gasteiger partial charge in [0, 0.05) is 45.3 Å². The minimum absolute atomic E-state index is 0.139. The molecule has 2 N–H and O–H groups in total. The van der Waals surface area contributed by atoms with Gasteiger partial charge >= 0.3 is 6.18 Å².